The first-order chi connectivity index (χ1) is 8.31. The second kappa shape index (κ2) is 4.04. The summed E-state index contributed by atoms with van der Waals surface area (Å²) in [5.41, 5.74) is 1.90. The molecule has 2 aromatic rings. The number of carbonyl (C=O) groups is 1. The second-order valence-electron chi connectivity index (χ2n) is 4.29. The fourth-order valence-electron chi connectivity index (χ4n) is 1.75. The molecule has 0 radical (unpaired) electrons. The van der Waals surface area contributed by atoms with Crippen LogP contribution < -0.4 is 5.32 Å². The first-order valence-electron chi connectivity index (χ1n) is 5.64. The van der Waals surface area contributed by atoms with E-state index in [9.17, 15) is 4.79 Å². The standard InChI is InChI=1S/C11H13N5O/c17-11(5-8-3-4-12-14-8)13-10-6-9(15-16-10)7-1-2-7/h3-4,6-7H,1-2,5H2,(H,12,14)(H2,13,15,16,17). The van der Waals surface area contributed by atoms with Crippen LogP contribution in [-0.4, -0.2) is 26.3 Å². The normalized spacial score (nSPS) is 14.8. The van der Waals surface area contributed by atoms with Gasteiger partial charge in [0.1, 0.15) is 0 Å². The summed E-state index contributed by atoms with van der Waals surface area (Å²) in [5, 5.41) is 16.3. The van der Waals surface area contributed by atoms with E-state index in [1.807, 2.05) is 6.07 Å². The van der Waals surface area contributed by atoms with Crippen LogP contribution in [0.3, 0.4) is 0 Å². The topological polar surface area (TPSA) is 86.5 Å². The molecular weight excluding hydrogens is 218 g/mol. The summed E-state index contributed by atoms with van der Waals surface area (Å²) in [6, 6.07) is 3.68. The Morgan fingerprint density at radius 1 is 1.47 bits per heavy atom. The van der Waals surface area contributed by atoms with Crippen LogP contribution in [0.4, 0.5) is 5.82 Å². The minimum Gasteiger partial charge on any atom is -0.309 e. The van der Waals surface area contributed by atoms with Crippen molar-refractivity contribution in [2.45, 2.75) is 25.2 Å². The van der Waals surface area contributed by atoms with Gasteiger partial charge in [0.25, 0.3) is 0 Å². The summed E-state index contributed by atoms with van der Waals surface area (Å²) < 4.78 is 0. The van der Waals surface area contributed by atoms with Crippen molar-refractivity contribution in [3.63, 3.8) is 0 Å². The molecule has 1 amide bonds. The minimum atomic E-state index is -0.0944. The van der Waals surface area contributed by atoms with E-state index in [0.717, 1.165) is 11.4 Å². The van der Waals surface area contributed by atoms with Crippen molar-refractivity contribution >= 4 is 11.7 Å². The van der Waals surface area contributed by atoms with Gasteiger partial charge in [-0.1, -0.05) is 0 Å². The predicted molar refractivity (Wildman–Crippen MR) is 61.5 cm³/mol. The molecule has 1 aliphatic rings. The Bertz CT molecular complexity index is 512. The Balaban J connectivity index is 1.59. The lowest BCUT2D eigenvalue weighted by Gasteiger charge is -1.98. The minimum absolute atomic E-state index is 0.0944. The van der Waals surface area contributed by atoms with E-state index in [1.54, 1.807) is 12.3 Å². The zero-order valence-electron chi connectivity index (χ0n) is 9.23. The molecule has 0 atom stereocenters. The number of anilines is 1. The molecule has 3 rings (SSSR count). The maximum Gasteiger partial charge on any atom is 0.231 e. The van der Waals surface area contributed by atoms with Gasteiger partial charge in [-0.3, -0.25) is 15.0 Å². The average molecular weight is 231 g/mol. The summed E-state index contributed by atoms with van der Waals surface area (Å²) in [5.74, 6) is 1.11. The summed E-state index contributed by atoms with van der Waals surface area (Å²) >= 11 is 0. The highest BCUT2D eigenvalue weighted by molar-refractivity contribution is 5.91. The molecule has 6 heteroatoms. The summed E-state index contributed by atoms with van der Waals surface area (Å²) in [7, 11) is 0. The van der Waals surface area contributed by atoms with Gasteiger partial charge >= 0.3 is 0 Å². The maximum absolute atomic E-state index is 11.7. The van der Waals surface area contributed by atoms with Crippen molar-refractivity contribution in [1.82, 2.24) is 20.4 Å². The fourth-order valence-corrected chi connectivity index (χ4v) is 1.75. The zero-order chi connectivity index (χ0) is 11.7. The van der Waals surface area contributed by atoms with Crippen LogP contribution in [0, 0.1) is 0 Å². The van der Waals surface area contributed by atoms with E-state index in [2.05, 4.69) is 25.7 Å². The van der Waals surface area contributed by atoms with Gasteiger partial charge < -0.3 is 5.32 Å². The lowest BCUT2D eigenvalue weighted by atomic mass is 10.3. The van der Waals surface area contributed by atoms with Crippen LogP contribution in [0.1, 0.15) is 30.1 Å². The Kier molecular flexibility index (Phi) is 2.40. The summed E-state index contributed by atoms with van der Waals surface area (Å²) in [6.07, 6.45) is 4.33. The summed E-state index contributed by atoms with van der Waals surface area (Å²) in [4.78, 5) is 11.7. The Hall–Kier alpha value is -2.11. The first kappa shape index (κ1) is 10.1. The van der Waals surface area contributed by atoms with Crippen LogP contribution in [0.2, 0.25) is 0 Å². The van der Waals surface area contributed by atoms with Crippen LogP contribution in [0.15, 0.2) is 18.3 Å². The molecule has 3 N–H and O–H groups in total. The number of carbonyl (C=O) groups excluding carboxylic acids is 1. The van der Waals surface area contributed by atoms with Crippen molar-refractivity contribution < 1.29 is 4.79 Å². The molecular formula is C11H13N5O. The van der Waals surface area contributed by atoms with Crippen molar-refractivity contribution in [3.05, 3.63) is 29.7 Å². The molecule has 2 heterocycles. The van der Waals surface area contributed by atoms with E-state index in [0.29, 0.717) is 11.7 Å². The number of aromatic amines is 2. The first-order valence-corrected chi connectivity index (χ1v) is 5.64. The number of nitrogens with zero attached hydrogens (tertiary/aromatic N) is 2. The molecule has 0 spiro atoms. The molecule has 0 saturated heterocycles. The molecule has 0 bridgehead atoms. The Morgan fingerprint density at radius 2 is 2.35 bits per heavy atom. The number of rotatable bonds is 4. The highest BCUT2D eigenvalue weighted by Crippen LogP contribution is 2.39. The van der Waals surface area contributed by atoms with Crippen LogP contribution >= 0.6 is 0 Å². The third-order valence-electron chi connectivity index (χ3n) is 2.79. The molecule has 1 saturated carbocycles. The lowest BCUT2D eigenvalue weighted by Crippen LogP contribution is -2.14. The third-order valence-corrected chi connectivity index (χ3v) is 2.79. The second-order valence-corrected chi connectivity index (χ2v) is 4.29. The van der Waals surface area contributed by atoms with Gasteiger partial charge in [0, 0.05) is 29.6 Å². The molecule has 6 nitrogen and oxygen atoms in total. The Morgan fingerprint density at radius 3 is 3.06 bits per heavy atom. The average Bonchev–Trinajstić information content (AvgIpc) is 2.84. The third kappa shape index (κ3) is 2.35. The maximum atomic E-state index is 11.7. The fraction of sp³-hybridized carbons (Fsp3) is 0.364. The molecule has 17 heavy (non-hydrogen) atoms. The lowest BCUT2D eigenvalue weighted by molar-refractivity contribution is -0.115. The van der Waals surface area contributed by atoms with Crippen molar-refractivity contribution in [3.8, 4) is 0 Å². The van der Waals surface area contributed by atoms with Gasteiger partial charge in [0.15, 0.2) is 5.82 Å². The largest absolute Gasteiger partial charge is 0.309 e. The van der Waals surface area contributed by atoms with Crippen molar-refractivity contribution in [1.29, 1.82) is 0 Å². The summed E-state index contributed by atoms with van der Waals surface area (Å²) in [6.45, 7) is 0. The smallest absolute Gasteiger partial charge is 0.231 e. The van der Waals surface area contributed by atoms with E-state index in [-0.39, 0.29) is 12.3 Å². The number of hydrogen-bond acceptors (Lipinski definition) is 3. The number of aromatic nitrogens is 4. The molecule has 0 aromatic carbocycles. The molecule has 1 aliphatic carbocycles. The monoisotopic (exact) mass is 231 g/mol. The van der Waals surface area contributed by atoms with E-state index < -0.39 is 0 Å². The molecule has 0 aliphatic heterocycles. The van der Waals surface area contributed by atoms with Gasteiger partial charge in [-0.15, -0.1) is 0 Å². The number of H-pyrrole nitrogens is 2. The van der Waals surface area contributed by atoms with Gasteiger partial charge in [0.2, 0.25) is 5.91 Å². The van der Waals surface area contributed by atoms with Crippen molar-refractivity contribution in [2.24, 2.45) is 0 Å². The molecule has 2 aromatic heterocycles. The van der Waals surface area contributed by atoms with Crippen LogP contribution in [-0.2, 0) is 11.2 Å². The van der Waals surface area contributed by atoms with Gasteiger partial charge in [-0.25, -0.2) is 0 Å². The zero-order valence-corrected chi connectivity index (χ0v) is 9.23. The van der Waals surface area contributed by atoms with Crippen LogP contribution in [0.25, 0.3) is 0 Å². The van der Waals surface area contributed by atoms with Gasteiger partial charge in [0.05, 0.1) is 6.42 Å². The quantitative estimate of drug-likeness (QED) is 0.738. The van der Waals surface area contributed by atoms with Gasteiger partial charge in [-0.05, 0) is 18.9 Å². The number of hydrogen-bond donors (Lipinski definition) is 3. The Labute approximate surface area is 97.8 Å². The molecule has 0 unspecified atom stereocenters. The highest BCUT2D eigenvalue weighted by Gasteiger charge is 2.25. The number of amides is 1. The van der Waals surface area contributed by atoms with Gasteiger partial charge in [-0.2, -0.15) is 10.2 Å². The van der Waals surface area contributed by atoms with E-state index in [4.69, 9.17) is 0 Å². The van der Waals surface area contributed by atoms with Crippen molar-refractivity contribution in [2.75, 3.05) is 5.32 Å². The molecule has 88 valence electrons. The van der Waals surface area contributed by atoms with E-state index in [1.165, 1.54) is 12.8 Å². The molecule has 1 fully saturated rings. The SMILES string of the molecule is O=C(Cc1ccn[nH]1)Nc1cc(C2CC2)[nH]n1. The predicted octanol–water partition coefficient (Wildman–Crippen LogP) is 1.19. The number of nitrogens with one attached hydrogen (secondary N) is 3. The van der Waals surface area contributed by atoms with Crippen LogP contribution in [0.5, 0.6) is 0 Å². The highest BCUT2D eigenvalue weighted by atomic mass is 16.1. The van der Waals surface area contributed by atoms with E-state index >= 15 is 0 Å².